The van der Waals surface area contributed by atoms with E-state index in [2.05, 4.69) is 20.3 Å². The standard InChI is InChI=1S/C18H16F2N6O2/c1-9-15-22-23-16(17-21-14(24-28-17)10-2-3-10)26(15)7-6-25(9)18(27)11-4-5-12(19)13(20)8-11/h4-5,8-10H,2-3,6-7H2,1H3/t9-/m1/s1. The van der Waals surface area contributed by atoms with E-state index in [0.717, 1.165) is 25.0 Å². The molecule has 3 aromatic rings. The summed E-state index contributed by atoms with van der Waals surface area (Å²) in [6.45, 7) is 2.60. The van der Waals surface area contributed by atoms with Crippen molar-refractivity contribution in [2.24, 2.45) is 0 Å². The van der Waals surface area contributed by atoms with E-state index in [0.29, 0.717) is 42.4 Å². The van der Waals surface area contributed by atoms with E-state index < -0.39 is 23.6 Å². The number of carbonyl (C=O) groups excluding carboxylic acids is 1. The molecular formula is C18H16F2N6O2. The van der Waals surface area contributed by atoms with Gasteiger partial charge in [0.2, 0.25) is 5.82 Å². The van der Waals surface area contributed by atoms with Crippen LogP contribution >= 0.6 is 0 Å². The predicted molar refractivity (Wildman–Crippen MR) is 91.1 cm³/mol. The molecule has 0 unspecified atom stereocenters. The Kier molecular flexibility index (Phi) is 3.74. The van der Waals surface area contributed by atoms with Crippen LogP contribution in [-0.2, 0) is 6.54 Å². The van der Waals surface area contributed by atoms with E-state index in [1.807, 2.05) is 11.5 Å². The van der Waals surface area contributed by atoms with E-state index in [1.165, 1.54) is 6.07 Å². The van der Waals surface area contributed by atoms with Gasteiger partial charge in [-0.05, 0) is 38.0 Å². The minimum atomic E-state index is -1.05. The highest BCUT2D eigenvalue weighted by Crippen LogP contribution is 2.39. The highest BCUT2D eigenvalue weighted by molar-refractivity contribution is 5.94. The van der Waals surface area contributed by atoms with Gasteiger partial charge in [-0.3, -0.25) is 4.79 Å². The van der Waals surface area contributed by atoms with Gasteiger partial charge in [-0.1, -0.05) is 5.16 Å². The lowest BCUT2D eigenvalue weighted by atomic mass is 10.1. The second-order valence-corrected chi connectivity index (χ2v) is 7.07. The summed E-state index contributed by atoms with van der Waals surface area (Å²) >= 11 is 0. The van der Waals surface area contributed by atoms with Crippen LogP contribution < -0.4 is 0 Å². The third-order valence-corrected chi connectivity index (χ3v) is 5.19. The Bertz CT molecular complexity index is 1070. The highest BCUT2D eigenvalue weighted by atomic mass is 19.2. The van der Waals surface area contributed by atoms with Crippen LogP contribution in [0, 0.1) is 11.6 Å². The number of amides is 1. The molecule has 0 bridgehead atoms. The number of halogens is 2. The van der Waals surface area contributed by atoms with Crippen molar-refractivity contribution < 1.29 is 18.1 Å². The second-order valence-electron chi connectivity index (χ2n) is 7.07. The van der Waals surface area contributed by atoms with Crippen molar-refractivity contribution in [2.45, 2.75) is 38.3 Å². The lowest BCUT2D eigenvalue weighted by Crippen LogP contribution is -2.41. The topological polar surface area (TPSA) is 89.9 Å². The van der Waals surface area contributed by atoms with Crippen molar-refractivity contribution in [2.75, 3.05) is 6.54 Å². The Morgan fingerprint density at radius 2 is 2.00 bits per heavy atom. The second kappa shape index (κ2) is 6.18. The summed E-state index contributed by atoms with van der Waals surface area (Å²) in [7, 11) is 0. The molecule has 1 saturated carbocycles. The third-order valence-electron chi connectivity index (χ3n) is 5.19. The van der Waals surface area contributed by atoms with Crippen LogP contribution in [0.2, 0.25) is 0 Å². The first kappa shape index (κ1) is 17.0. The molecule has 8 nitrogen and oxygen atoms in total. The monoisotopic (exact) mass is 386 g/mol. The fourth-order valence-corrected chi connectivity index (χ4v) is 3.45. The Labute approximate surface area is 158 Å². The molecule has 28 heavy (non-hydrogen) atoms. The van der Waals surface area contributed by atoms with Gasteiger partial charge in [-0.25, -0.2) is 8.78 Å². The predicted octanol–water partition coefficient (Wildman–Crippen LogP) is 2.70. The number of hydrogen-bond donors (Lipinski definition) is 0. The molecule has 10 heteroatoms. The SMILES string of the molecule is C[C@@H]1c2nnc(-c3nc(C4CC4)no3)n2CCN1C(=O)c1ccc(F)c(F)c1. The van der Waals surface area contributed by atoms with Gasteiger partial charge >= 0.3 is 0 Å². The molecule has 0 N–H and O–H groups in total. The molecule has 0 spiro atoms. The smallest absolute Gasteiger partial charge is 0.295 e. The largest absolute Gasteiger partial charge is 0.330 e. The molecule has 1 aromatic carbocycles. The number of rotatable bonds is 3. The first-order valence-electron chi connectivity index (χ1n) is 9.06. The Morgan fingerprint density at radius 3 is 2.75 bits per heavy atom. The van der Waals surface area contributed by atoms with Crippen LogP contribution in [0.25, 0.3) is 11.7 Å². The summed E-state index contributed by atoms with van der Waals surface area (Å²) in [5.41, 5.74) is 0.0879. The average Bonchev–Trinajstić information content (AvgIpc) is 3.25. The van der Waals surface area contributed by atoms with E-state index in [1.54, 1.807) is 4.90 Å². The first-order chi connectivity index (χ1) is 13.5. The van der Waals surface area contributed by atoms with Gasteiger partial charge in [0.15, 0.2) is 23.3 Å². The van der Waals surface area contributed by atoms with Crippen molar-refractivity contribution in [1.29, 1.82) is 0 Å². The summed E-state index contributed by atoms with van der Waals surface area (Å²) in [6.07, 6.45) is 2.13. The number of hydrogen-bond acceptors (Lipinski definition) is 6. The molecule has 2 aliphatic rings. The fourth-order valence-electron chi connectivity index (χ4n) is 3.45. The Hall–Kier alpha value is -3.17. The summed E-state index contributed by atoms with van der Waals surface area (Å²) in [6, 6.07) is 2.73. The molecule has 1 amide bonds. The first-order valence-corrected chi connectivity index (χ1v) is 9.06. The third kappa shape index (κ3) is 2.67. The van der Waals surface area contributed by atoms with Crippen LogP contribution in [-0.4, -0.2) is 42.3 Å². The van der Waals surface area contributed by atoms with Crippen LogP contribution in [0.5, 0.6) is 0 Å². The maximum absolute atomic E-state index is 13.5. The average molecular weight is 386 g/mol. The van der Waals surface area contributed by atoms with Crippen LogP contribution in [0.4, 0.5) is 8.78 Å². The summed E-state index contributed by atoms with van der Waals surface area (Å²) in [5, 5.41) is 12.4. The molecule has 144 valence electrons. The van der Waals surface area contributed by atoms with Crippen molar-refractivity contribution >= 4 is 5.91 Å². The van der Waals surface area contributed by atoms with Crippen LogP contribution in [0.15, 0.2) is 22.7 Å². The van der Waals surface area contributed by atoms with Gasteiger partial charge in [-0.2, -0.15) is 4.98 Å². The zero-order chi connectivity index (χ0) is 19.4. The van der Waals surface area contributed by atoms with Gasteiger partial charge in [0, 0.05) is 24.6 Å². The van der Waals surface area contributed by atoms with E-state index in [9.17, 15) is 13.6 Å². The lowest BCUT2D eigenvalue weighted by molar-refractivity contribution is 0.0637. The molecular weight excluding hydrogens is 370 g/mol. The zero-order valence-corrected chi connectivity index (χ0v) is 15.0. The maximum atomic E-state index is 13.5. The minimum absolute atomic E-state index is 0.0879. The van der Waals surface area contributed by atoms with E-state index in [4.69, 9.17) is 4.52 Å². The molecule has 2 aromatic heterocycles. The zero-order valence-electron chi connectivity index (χ0n) is 15.0. The summed E-state index contributed by atoms with van der Waals surface area (Å²) < 4.78 is 33.8. The van der Waals surface area contributed by atoms with Gasteiger partial charge in [0.05, 0.1) is 6.04 Å². The number of carbonyl (C=O) groups is 1. The Balaban J connectivity index is 1.42. The number of aromatic nitrogens is 5. The molecule has 1 atom stereocenters. The molecule has 1 aliphatic heterocycles. The molecule has 1 fully saturated rings. The van der Waals surface area contributed by atoms with E-state index >= 15 is 0 Å². The van der Waals surface area contributed by atoms with E-state index in [-0.39, 0.29) is 5.56 Å². The summed E-state index contributed by atoms with van der Waals surface area (Å²) in [4.78, 5) is 18.8. The number of nitrogens with zero attached hydrogens (tertiary/aromatic N) is 6. The Morgan fingerprint density at radius 1 is 1.18 bits per heavy atom. The molecule has 0 radical (unpaired) electrons. The quantitative estimate of drug-likeness (QED) is 0.688. The molecule has 0 saturated heterocycles. The lowest BCUT2D eigenvalue weighted by Gasteiger charge is -2.33. The number of benzene rings is 1. The minimum Gasteiger partial charge on any atom is -0.330 e. The normalized spacial score (nSPS) is 19.0. The molecule has 1 aliphatic carbocycles. The van der Waals surface area contributed by atoms with Crippen molar-refractivity contribution in [3.8, 4) is 11.7 Å². The van der Waals surface area contributed by atoms with Crippen molar-refractivity contribution in [3.63, 3.8) is 0 Å². The van der Waals surface area contributed by atoms with Gasteiger partial charge in [-0.15, -0.1) is 10.2 Å². The van der Waals surface area contributed by atoms with Gasteiger partial charge < -0.3 is 14.0 Å². The summed E-state index contributed by atoms with van der Waals surface area (Å²) in [5.74, 6) is -0.0221. The molecule has 3 heterocycles. The van der Waals surface area contributed by atoms with Gasteiger partial charge in [0.25, 0.3) is 11.8 Å². The van der Waals surface area contributed by atoms with Crippen LogP contribution in [0.1, 0.15) is 53.7 Å². The van der Waals surface area contributed by atoms with Crippen molar-refractivity contribution in [3.05, 3.63) is 47.0 Å². The van der Waals surface area contributed by atoms with Crippen LogP contribution in [0.3, 0.4) is 0 Å². The highest BCUT2D eigenvalue weighted by Gasteiger charge is 2.34. The number of fused-ring (bicyclic) bond motifs is 1. The fraction of sp³-hybridized carbons (Fsp3) is 0.389. The van der Waals surface area contributed by atoms with Crippen molar-refractivity contribution in [1.82, 2.24) is 29.8 Å². The van der Waals surface area contributed by atoms with Gasteiger partial charge in [0.1, 0.15) is 0 Å². The molecule has 5 rings (SSSR count). The maximum Gasteiger partial charge on any atom is 0.295 e.